The summed E-state index contributed by atoms with van der Waals surface area (Å²) in [5, 5.41) is 0. The lowest BCUT2D eigenvalue weighted by Crippen LogP contribution is -2.47. The van der Waals surface area contributed by atoms with Crippen molar-refractivity contribution in [1.82, 2.24) is 4.90 Å². The smallest absolute Gasteiger partial charge is 0.326 e. The molecule has 0 N–H and O–H groups in total. The molecule has 0 spiro atoms. The molecule has 20 heteroatoms. The van der Waals surface area contributed by atoms with E-state index in [1.165, 1.54) is 48.5 Å². The Kier molecular flexibility index (Phi) is 15.3. The van der Waals surface area contributed by atoms with Crippen LogP contribution in [0.25, 0.3) is 0 Å². The van der Waals surface area contributed by atoms with Crippen LogP contribution < -0.4 is 0 Å². The number of fused-ring (bicyclic) bond motifs is 5. The standard InChI is InChI=1S/C36H47Br4NO15/c1-31(2,37)25(44)51-14-35(8,15-52-26(45)32(3,4)38)29(48)53-16-34(7,17-54-30(49)36(9,40)18-55-27(46)33(5,6)39)28(47)50-13-12-41-23(42)21-19-10-11-20(56-19)22(21)24(41)43/h10-11,19-22H,12-18H2,1-9H3/t19?,20?,21-,22+,34?,36?. The first-order valence-electron chi connectivity index (χ1n) is 17.4. The number of hydrogen-bond donors (Lipinski definition) is 0. The van der Waals surface area contributed by atoms with Gasteiger partial charge in [0.15, 0.2) is 4.32 Å². The summed E-state index contributed by atoms with van der Waals surface area (Å²) >= 11 is 12.8. The molecule has 2 amide bonds. The third kappa shape index (κ3) is 11.6. The van der Waals surface area contributed by atoms with E-state index in [-0.39, 0.29) is 6.54 Å². The third-order valence-electron chi connectivity index (χ3n) is 8.98. The lowest BCUT2D eigenvalue weighted by molar-refractivity contribution is -0.180. The molecular weight excluding hydrogens is 1010 g/mol. The monoisotopic (exact) mass is 1050 g/mol. The summed E-state index contributed by atoms with van der Waals surface area (Å²) < 4.78 is 33.3. The van der Waals surface area contributed by atoms with Crippen LogP contribution in [0, 0.1) is 22.7 Å². The van der Waals surface area contributed by atoms with Crippen LogP contribution in [0.3, 0.4) is 0 Å². The van der Waals surface area contributed by atoms with E-state index in [0.29, 0.717) is 0 Å². The van der Waals surface area contributed by atoms with Gasteiger partial charge in [-0.2, -0.15) is 0 Å². The maximum absolute atomic E-state index is 13.8. The second kappa shape index (κ2) is 17.8. The Bertz CT molecular complexity index is 1570. The van der Waals surface area contributed by atoms with Gasteiger partial charge in [0.1, 0.15) is 63.4 Å². The highest BCUT2D eigenvalue weighted by molar-refractivity contribution is 9.10. The van der Waals surface area contributed by atoms with Crippen LogP contribution >= 0.6 is 63.7 Å². The molecule has 0 aromatic heterocycles. The molecule has 0 aromatic rings. The number of amides is 2. The first-order valence-corrected chi connectivity index (χ1v) is 20.6. The van der Waals surface area contributed by atoms with E-state index < -0.39 is 139 Å². The van der Waals surface area contributed by atoms with Crippen LogP contribution in [0.4, 0.5) is 0 Å². The zero-order valence-corrected chi connectivity index (χ0v) is 38.8. The quantitative estimate of drug-likeness (QED) is 0.0593. The molecule has 0 aliphatic carbocycles. The highest BCUT2D eigenvalue weighted by atomic mass is 79.9. The third-order valence-corrected chi connectivity index (χ3v) is 10.5. The average Bonchev–Trinajstić information content (AvgIpc) is 3.78. The number of carbonyl (C=O) groups excluding carboxylic acids is 8. The SMILES string of the molecule is CC(C)(Br)C(=O)OCC(C)(Br)C(=O)OCC(C)(COC(=O)C(C)(COC(=O)C(C)(C)Br)COC(=O)C(C)(C)Br)C(=O)OCCN1C(=O)[C@@H]2C3C=CC(O3)[C@@H]2C1=O. The number of rotatable bonds is 19. The van der Waals surface area contributed by atoms with Crippen molar-refractivity contribution in [2.24, 2.45) is 22.7 Å². The van der Waals surface area contributed by atoms with E-state index in [1.807, 2.05) is 0 Å². The first-order chi connectivity index (χ1) is 25.4. The molecule has 314 valence electrons. The summed E-state index contributed by atoms with van der Waals surface area (Å²) in [6, 6.07) is 0. The molecule has 3 aliphatic heterocycles. The number of likely N-dealkylation sites (tertiary alicyclic amines) is 1. The predicted molar refractivity (Wildman–Crippen MR) is 210 cm³/mol. The minimum Gasteiger partial charge on any atom is -0.464 e. The molecule has 0 aromatic carbocycles. The summed E-state index contributed by atoms with van der Waals surface area (Å²) in [4.78, 5) is 105. The van der Waals surface area contributed by atoms with E-state index in [9.17, 15) is 38.4 Å². The number of alkyl halides is 4. The Balaban J connectivity index is 1.79. The van der Waals surface area contributed by atoms with Gasteiger partial charge in [0.25, 0.3) is 0 Å². The van der Waals surface area contributed by atoms with Crippen molar-refractivity contribution in [1.29, 1.82) is 0 Å². The largest absolute Gasteiger partial charge is 0.464 e. The van der Waals surface area contributed by atoms with Crippen molar-refractivity contribution in [2.75, 3.05) is 46.2 Å². The van der Waals surface area contributed by atoms with Gasteiger partial charge in [-0.3, -0.25) is 43.3 Å². The molecule has 2 saturated heterocycles. The summed E-state index contributed by atoms with van der Waals surface area (Å²) in [6.07, 6.45) is 2.46. The zero-order chi connectivity index (χ0) is 42.8. The van der Waals surface area contributed by atoms with Crippen molar-refractivity contribution in [3.05, 3.63) is 12.2 Å². The minimum atomic E-state index is -1.92. The molecule has 2 bridgehead atoms. The van der Waals surface area contributed by atoms with Crippen molar-refractivity contribution in [2.45, 2.75) is 91.8 Å². The van der Waals surface area contributed by atoms with E-state index in [2.05, 4.69) is 63.7 Å². The summed E-state index contributed by atoms with van der Waals surface area (Å²) in [7, 11) is 0. The molecule has 4 unspecified atom stereocenters. The fourth-order valence-corrected chi connectivity index (χ4v) is 5.88. The Hall–Kier alpha value is -2.42. The van der Waals surface area contributed by atoms with Crippen LogP contribution in [0.2, 0.25) is 0 Å². The first kappa shape index (κ1) is 48.0. The number of hydrogen-bond acceptors (Lipinski definition) is 15. The predicted octanol–water partition coefficient (Wildman–Crippen LogP) is 3.87. The molecule has 16 nitrogen and oxygen atoms in total. The maximum Gasteiger partial charge on any atom is 0.326 e. The van der Waals surface area contributed by atoms with Gasteiger partial charge in [0.05, 0.1) is 30.6 Å². The van der Waals surface area contributed by atoms with Gasteiger partial charge in [-0.25, -0.2) is 0 Å². The molecule has 3 aliphatic rings. The van der Waals surface area contributed by atoms with Crippen LogP contribution in [0.15, 0.2) is 12.2 Å². The molecule has 0 radical (unpaired) electrons. The summed E-state index contributed by atoms with van der Waals surface area (Å²) in [6.45, 7) is 9.32. The number of nitrogens with zero attached hydrogens (tertiary/aromatic N) is 1. The van der Waals surface area contributed by atoms with E-state index in [1.54, 1.807) is 26.0 Å². The molecule has 2 fully saturated rings. The number of imide groups is 1. The average molecular weight is 1050 g/mol. The van der Waals surface area contributed by atoms with Gasteiger partial charge in [-0.15, -0.1) is 0 Å². The Morgan fingerprint density at radius 2 is 0.857 bits per heavy atom. The van der Waals surface area contributed by atoms with Gasteiger partial charge < -0.3 is 33.2 Å². The van der Waals surface area contributed by atoms with Crippen LogP contribution in [0.5, 0.6) is 0 Å². The van der Waals surface area contributed by atoms with Gasteiger partial charge in [0, 0.05) is 0 Å². The van der Waals surface area contributed by atoms with E-state index >= 15 is 0 Å². The second-order valence-electron chi connectivity index (χ2n) is 16.1. The number of halogens is 4. The Morgan fingerprint density at radius 3 is 1.23 bits per heavy atom. The zero-order valence-electron chi connectivity index (χ0n) is 32.5. The van der Waals surface area contributed by atoms with Crippen molar-refractivity contribution in [3.63, 3.8) is 0 Å². The molecule has 0 saturated carbocycles. The van der Waals surface area contributed by atoms with E-state index in [4.69, 9.17) is 33.2 Å². The van der Waals surface area contributed by atoms with Gasteiger partial charge >= 0.3 is 35.8 Å². The Labute approximate surface area is 358 Å². The molecule has 56 heavy (non-hydrogen) atoms. The van der Waals surface area contributed by atoms with Crippen molar-refractivity contribution >= 4 is 111 Å². The highest BCUT2D eigenvalue weighted by Gasteiger charge is 2.60. The summed E-state index contributed by atoms with van der Waals surface area (Å²) in [5.74, 6) is -7.40. The van der Waals surface area contributed by atoms with Crippen molar-refractivity contribution < 1.29 is 71.5 Å². The second-order valence-corrected chi connectivity index (χ2v) is 23.8. The lowest BCUT2D eigenvalue weighted by atomic mass is 9.85. The van der Waals surface area contributed by atoms with Gasteiger partial charge in [-0.05, 0) is 62.3 Å². The van der Waals surface area contributed by atoms with E-state index in [0.717, 1.165) is 4.90 Å². The Morgan fingerprint density at radius 1 is 0.536 bits per heavy atom. The molecular formula is C36H47Br4NO15. The van der Waals surface area contributed by atoms with Crippen LogP contribution in [-0.4, -0.2) is 128 Å². The van der Waals surface area contributed by atoms with Crippen LogP contribution in [-0.2, 0) is 71.5 Å². The molecule has 3 heterocycles. The fraction of sp³-hybridized carbons (Fsp3) is 0.722. The summed E-state index contributed by atoms with van der Waals surface area (Å²) in [5.41, 5.74) is -3.71. The number of carbonyl (C=O) groups is 8. The van der Waals surface area contributed by atoms with Crippen molar-refractivity contribution in [3.8, 4) is 0 Å². The van der Waals surface area contributed by atoms with Crippen LogP contribution in [0.1, 0.15) is 62.3 Å². The van der Waals surface area contributed by atoms with Gasteiger partial charge in [0.2, 0.25) is 11.8 Å². The van der Waals surface area contributed by atoms with Gasteiger partial charge in [-0.1, -0.05) is 75.9 Å². The maximum atomic E-state index is 13.8. The normalized spacial score (nSPS) is 22.8. The molecule has 6 atom stereocenters. The molecule has 3 rings (SSSR count). The highest BCUT2D eigenvalue weighted by Crippen LogP contribution is 2.45. The lowest BCUT2D eigenvalue weighted by Gasteiger charge is -2.32. The fourth-order valence-electron chi connectivity index (χ4n) is 5.31. The number of esters is 6. The minimum absolute atomic E-state index is 0.275. The number of ether oxygens (including phenoxy) is 7. The topological polar surface area (TPSA) is 204 Å².